The number of rotatable bonds is 4. The molecule has 11 rings (SSSR count). The Bertz CT molecular complexity index is 3540. The van der Waals surface area contributed by atoms with Crippen molar-refractivity contribution in [1.29, 1.82) is 0 Å². The van der Waals surface area contributed by atoms with Gasteiger partial charge in [0, 0.05) is 50.8 Å². The van der Waals surface area contributed by atoms with Gasteiger partial charge in [-0.25, -0.2) is 0 Å². The highest BCUT2D eigenvalue weighted by molar-refractivity contribution is 7.00. The van der Waals surface area contributed by atoms with Crippen molar-refractivity contribution in [2.24, 2.45) is 10.8 Å². The molecule has 4 aliphatic rings. The molecule has 0 amide bonds. The van der Waals surface area contributed by atoms with Crippen LogP contribution < -0.4 is 31.1 Å². The van der Waals surface area contributed by atoms with Gasteiger partial charge in [-0.1, -0.05) is 223 Å². The summed E-state index contributed by atoms with van der Waals surface area (Å²) in [4.78, 5) is 8.28. The Morgan fingerprint density at radius 2 is 0.833 bits per heavy atom. The Balaban J connectivity index is 1.34. The topological polar surface area (TPSA) is 9.72 Å². The van der Waals surface area contributed by atoms with Gasteiger partial charge in [0.05, 0.1) is 11.2 Å². The van der Waals surface area contributed by atoms with E-state index in [-0.39, 0.29) is 55.6 Å². The third-order valence-electron chi connectivity index (χ3n) is 20.3. The van der Waals surface area contributed by atoms with E-state index in [0.29, 0.717) is 0 Å². The number of anilines is 8. The minimum absolute atomic E-state index is 0.000291. The van der Waals surface area contributed by atoms with E-state index in [0.717, 1.165) is 12.8 Å². The zero-order valence-electron chi connectivity index (χ0n) is 51.6. The van der Waals surface area contributed by atoms with E-state index in [9.17, 15) is 0 Å². The summed E-state index contributed by atoms with van der Waals surface area (Å²) in [5, 5.41) is 0. The van der Waals surface area contributed by atoms with Crippen LogP contribution in [0.5, 0.6) is 0 Å². The van der Waals surface area contributed by atoms with Crippen LogP contribution in [0, 0.1) is 10.8 Å². The fourth-order valence-electron chi connectivity index (χ4n) is 14.6. The third-order valence-corrected chi connectivity index (χ3v) is 20.3. The summed E-state index contributed by atoms with van der Waals surface area (Å²) >= 11 is 0. The second-order valence-electron chi connectivity index (χ2n) is 31.0. The van der Waals surface area contributed by atoms with Gasteiger partial charge in [-0.2, -0.15) is 0 Å². The van der Waals surface area contributed by atoms with Gasteiger partial charge < -0.3 is 14.7 Å². The van der Waals surface area contributed by atoms with Crippen molar-refractivity contribution in [1.82, 2.24) is 0 Å². The molecule has 4 heteroatoms. The quantitative estimate of drug-likeness (QED) is 0.163. The molecule has 0 N–H and O–H groups in total. The second-order valence-corrected chi connectivity index (χ2v) is 31.0. The SMILES string of the molecule is CC(C)(C)c1cccc(N2c3cc(C(C)(C)C)ccc3B3c4ccc(C(C)(C)C)cc4N(c4ccc(C(C)(C)C)cc4-c4ccccc4)c4cc(N5c6ccc(C(C)(C)C)cc6C6(C)C(C)(C)CCC(C)(C)C56C)cc2c43)c1. The molecule has 0 aromatic heterocycles. The Morgan fingerprint density at radius 3 is 1.38 bits per heavy atom. The number of hydrogen-bond acceptors (Lipinski definition) is 3. The molecule has 3 aliphatic heterocycles. The van der Waals surface area contributed by atoms with Crippen LogP contribution in [0.1, 0.15) is 192 Å². The lowest BCUT2D eigenvalue weighted by Gasteiger charge is -2.65. The predicted octanol–water partition coefficient (Wildman–Crippen LogP) is 18.9. The minimum atomic E-state index is -0.329. The first-order valence-corrected chi connectivity index (χ1v) is 29.4. The van der Waals surface area contributed by atoms with E-state index >= 15 is 0 Å². The van der Waals surface area contributed by atoms with Crippen LogP contribution in [0.2, 0.25) is 0 Å². The summed E-state index contributed by atoms with van der Waals surface area (Å²) in [6, 6.07) is 55.9. The molecule has 7 aromatic rings. The van der Waals surface area contributed by atoms with Crippen molar-refractivity contribution in [3.05, 3.63) is 173 Å². The predicted molar refractivity (Wildman–Crippen MR) is 341 cm³/mol. The zero-order chi connectivity index (χ0) is 56.5. The fourth-order valence-corrected chi connectivity index (χ4v) is 14.6. The molecule has 404 valence electrons. The lowest BCUT2D eigenvalue weighted by Crippen LogP contribution is -2.69. The highest BCUT2D eigenvalue weighted by atomic mass is 15.3. The average Bonchev–Trinajstić information content (AvgIpc) is 2.33. The summed E-state index contributed by atoms with van der Waals surface area (Å²) in [7, 11) is 0. The molecule has 1 saturated carbocycles. The van der Waals surface area contributed by atoms with Crippen LogP contribution in [-0.2, 0) is 32.5 Å². The maximum atomic E-state index is 2.88. The zero-order valence-corrected chi connectivity index (χ0v) is 51.6. The van der Waals surface area contributed by atoms with Gasteiger partial charge in [0.2, 0.25) is 0 Å². The summed E-state index contributed by atoms with van der Waals surface area (Å²) in [5.41, 5.74) is 23.8. The maximum Gasteiger partial charge on any atom is 0.252 e. The van der Waals surface area contributed by atoms with Crippen LogP contribution >= 0.6 is 0 Å². The molecule has 0 saturated heterocycles. The molecule has 3 heterocycles. The van der Waals surface area contributed by atoms with Gasteiger partial charge in [-0.3, -0.25) is 0 Å². The first-order chi connectivity index (χ1) is 36.1. The standard InChI is InChI=1S/C74H90BN3/c1-66(2,3)48-28-25-29-53(40-48)76-61-43-51(69(10,11)12)30-34-57(61)75-58-35-31-52(70(13,14)15)44-62(58)77(59-36-32-49(67(4,5)6)41-55(59)47-26-23-22-24-27-47)64-46-54(45-63(76)65(64)75)78-60-37-33-50(68(7,8)9)42-56(60)73(20)71(16,17)38-39-72(18,19)74(73,78)21/h22-37,40-46H,38-39H2,1-21H3. The maximum absolute atomic E-state index is 2.88. The first kappa shape index (κ1) is 54.0. The Hall–Kier alpha value is -6.00. The molecule has 1 fully saturated rings. The fraction of sp³-hybridized carbons (Fsp3) is 0.432. The molecule has 0 bridgehead atoms. The van der Waals surface area contributed by atoms with Gasteiger partial charge in [0.15, 0.2) is 0 Å². The minimum Gasteiger partial charge on any atom is -0.334 e. The van der Waals surface area contributed by atoms with Gasteiger partial charge >= 0.3 is 0 Å². The molecule has 7 aromatic carbocycles. The van der Waals surface area contributed by atoms with Crippen LogP contribution in [-0.4, -0.2) is 12.3 Å². The molecule has 2 atom stereocenters. The van der Waals surface area contributed by atoms with Crippen LogP contribution in [0.4, 0.5) is 45.5 Å². The summed E-state index contributed by atoms with van der Waals surface area (Å²) < 4.78 is 0. The van der Waals surface area contributed by atoms with E-state index in [1.165, 1.54) is 106 Å². The van der Waals surface area contributed by atoms with Crippen molar-refractivity contribution in [2.75, 3.05) is 14.7 Å². The van der Waals surface area contributed by atoms with E-state index in [4.69, 9.17) is 0 Å². The summed E-state index contributed by atoms with van der Waals surface area (Å²) in [6.07, 6.45) is 2.29. The highest BCUT2D eigenvalue weighted by Gasteiger charge is 2.70. The van der Waals surface area contributed by atoms with Crippen molar-refractivity contribution in [3.8, 4) is 11.1 Å². The van der Waals surface area contributed by atoms with E-state index < -0.39 is 0 Å². The second kappa shape index (κ2) is 17.3. The molecule has 0 spiro atoms. The van der Waals surface area contributed by atoms with Crippen LogP contribution in [0.3, 0.4) is 0 Å². The average molecular weight is 1030 g/mol. The van der Waals surface area contributed by atoms with Gasteiger partial charge in [-0.15, -0.1) is 0 Å². The molecule has 78 heavy (non-hydrogen) atoms. The third kappa shape index (κ3) is 8.01. The Labute approximate surface area is 472 Å². The van der Waals surface area contributed by atoms with E-state index in [1.54, 1.807) is 0 Å². The molecule has 3 nitrogen and oxygen atoms in total. The lowest BCUT2D eigenvalue weighted by molar-refractivity contribution is -0.0415. The van der Waals surface area contributed by atoms with Crippen molar-refractivity contribution < 1.29 is 0 Å². The smallest absolute Gasteiger partial charge is 0.252 e. The highest BCUT2D eigenvalue weighted by Crippen LogP contribution is 2.72. The lowest BCUT2D eigenvalue weighted by atomic mass is 9.33. The monoisotopic (exact) mass is 1030 g/mol. The largest absolute Gasteiger partial charge is 0.334 e. The number of benzene rings is 7. The molecule has 0 radical (unpaired) electrons. The van der Waals surface area contributed by atoms with Crippen LogP contribution in [0.15, 0.2) is 140 Å². The van der Waals surface area contributed by atoms with Crippen molar-refractivity contribution in [2.45, 2.75) is 196 Å². The molecular formula is C74H90BN3. The molecule has 2 unspecified atom stereocenters. The van der Waals surface area contributed by atoms with Gasteiger partial charge in [0.25, 0.3) is 6.71 Å². The Morgan fingerprint density at radius 1 is 0.372 bits per heavy atom. The van der Waals surface area contributed by atoms with Crippen LogP contribution in [0.25, 0.3) is 11.1 Å². The number of nitrogens with zero attached hydrogens (tertiary/aromatic N) is 3. The van der Waals surface area contributed by atoms with E-state index in [2.05, 4.69) is 300 Å². The summed E-state index contributed by atoms with van der Waals surface area (Å²) in [5.74, 6) is 0. The van der Waals surface area contributed by atoms with Crippen molar-refractivity contribution >= 4 is 68.6 Å². The Kier molecular flexibility index (Phi) is 11.9. The van der Waals surface area contributed by atoms with Gasteiger partial charge in [-0.05, 0) is 168 Å². The molecule has 1 aliphatic carbocycles. The number of hydrogen-bond donors (Lipinski definition) is 0. The normalized spacial score (nSPS) is 20.5. The van der Waals surface area contributed by atoms with Gasteiger partial charge in [0.1, 0.15) is 0 Å². The molecular weight excluding hydrogens is 942 g/mol. The van der Waals surface area contributed by atoms with E-state index in [1.807, 2.05) is 0 Å². The summed E-state index contributed by atoms with van der Waals surface area (Å²) in [6.45, 7) is 51.0. The number of fused-ring (bicyclic) bond motifs is 7. The first-order valence-electron chi connectivity index (χ1n) is 29.4. The van der Waals surface area contributed by atoms with Crippen molar-refractivity contribution in [3.63, 3.8) is 0 Å².